The van der Waals surface area contributed by atoms with Crippen LogP contribution in [0.25, 0.3) is 0 Å². The first-order valence-corrected chi connectivity index (χ1v) is 7.18. The Labute approximate surface area is 121 Å². The highest BCUT2D eigenvalue weighted by Crippen LogP contribution is 2.16. The molecule has 4 heteroatoms. The number of hydrogen-bond donors (Lipinski definition) is 1. The number of carbonyl (C=O) groups excluding carboxylic acids is 1. The molecule has 1 aromatic rings. The molecule has 112 valence electrons. The van der Waals surface area contributed by atoms with Crippen LogP contribution in [0.4, 0.5) is 0 Å². The van der Waals surface area contributed by atoms with Crippen molar-refractivity contribution >= 4 is 5.91 Å². The molecule has 0 saturated carbocycles. The lowest BCUT2D eigenvalue weighted by atomic mass is 10.1. The summed E-state index contributed by atoms with van der Waals surface area (Å²) >= 11 is 0. The van der Waals surface area contributed by atoms with Crippen molar-refractivity contribution < 1.29 is 14.3 Å². The summed E-state index contributed by atoms with van der Waals surface area (Å²) in [7, 11) is 0. The van der Waals surface area contributed by atoms with Crippen molar-refractivity contribution in [1.29, 1.82) is 0 Å². The molecule has 0 aliphatic heterocycles. The van der Waals surface area contributed by atoms with Gasteiger partial charge in [-0.3, -0.25) is 4.79 Å². The van der Waals surface area contributed by atoms with Gasteiger partial charge in [0.05, 0.1) is 6.61 Å². The molecular weight excluding hydrogens is 254 g/mol. The Bertz CT molecular complexity index is 418. The first-order chi connectivity index (χ1) is 9.63. The van der Waals surface area contributed by atoms with Crippen molar-refractivity contribution in [1.82, 2.24) is 5.32 Å². The van der Waals surface area contributed by atoms with Crippen molar-refractivity contribution in [2.24, 2.45) is 0 Å². The molecule has 0 heterocycles. The standard InChI is InChI=1S/C16H25NO3/c1-4-5-9-19-10-8-17-16(18)12-20-15-7-6-13(2)14(3)11-15/h6-7,11H,4-5,8-10,12H2,1-3H3,(H,17,18). The fourth-order valence-electron chi connectivity index (χ4n) is 1.61. The monoisotopic (exact) mass is 279 g/mol. The number of rotatable bonds is 9. The average Bonchev–Trinajstić information content (AvgIpc) is 2.44. The summed E-state index contributed by atoms with van der Waals surface area (Å²) in [6, 6.07) is 5.81. The predicted octanol–water partition coefficient (Wildman–Crippen LogP) is 2.62. The number of amides is 1. The fraction of sp³-hybridized carbons (Fsp3) is 0.562. The molecule has 0 radical (unpaired) electrons. The van der Waals surface area contributed by atoms with Gasteiger partial charge in [0.2, 0.25) is 0 Å². The maximum Gasteiger partial charge on any atom is 0.258 e. The second-order valence-corrected chi connectivity index (χ2v) is 4.85. The highest BCUT2D eigenvalue weighted by molar-refractivity contribution is 5.77. The first-order valence-electron chi connectivity index (χ1n) is 7.18. The Balaban J connectivity index is 2.15. The lowest BCUT2D eigenvalue weighted by Crippen LogP contribution is -2.31. The molecule has 0 aromatic heterocycles. The zero-order valence-electron chi connectivity index (χ0n) is 12.7. The summed E-state index contributed by atoms with van der Waals surface area (Å²) in [4.78, 5) is 11.6. The molecule has 1 N–H and O–H groups in total. The van der Waals surface area contributed by atoms with Gasteiger partial charge in [0, 0.05) is 13.2 Å². The van der Waals surface area contributed by atoms with E-state index in [-0.39, 0.29) is 12.5 Å². The average molecular weight is 279 g/mol. The summed E-state index contributed by atoms with van der Waals surface area (Å²) in [5.41, 5.74) is 2.37. The van der Waals surface area contributed by atoms with Gasteiger partial charge < -0.3 is 14.8 Å². The van der Waals surface area contributed by atoms with E-state index in [1.807, 2.05) is 32.0 Å². The van der Waals surface area contributed by atoms with Crippen LogP contribution in [0, 0.1) is 13.8 Å². The molecule has 1 aromatic carbocycles. The van der Waals surface area contributed by atoms with Gasteiger partial charge in [-0.05, 0) is 43.5 Å². The molecule has 0 saturated heterocycles. The zero-order chi connectivity index (χ0) is 14.8. The van der Waals surface area contributed by atoms with Gasteiger partial charge in [0.15, 0.2) is 6.61 Å². The SMILES string of the molecule is CCCCOCCNC(=O)COc1ccc(C)c(C)c1. The number of benzene rings is 1. The van der Waals surface area contributed by atoms with E-state index < -0.39 is 0 Å². The van der Waals surface area contributed by atoms with Gasteiger partial charge in [-0.25, -0.2) is 0 Å². The molecule has 1 rings (SSSR count). The van der Waals surface area contributed by atoms with Crippen LogP contribution in [0.5, 0.6) is 5.75 Å². The zero-order valence-corrected chi connectivity index (χ0v) is 12.7. The minimum Gasteiger partial charge on any atom is -0.484 e. The third-order valence-electron chi connectivity index (χ3n) is 3.06. The molecule has 0 atom stereocenters. The Kier molecular flexibility index (Phi) is 7.73. The number of aryl methyl sites for hydroxylation is 2. The van der Waals surface area contributed by atoms with Gasteiger partial charge in [0.25, 0.3) is 5.91 Å². The van der Waals surface area contributed by atoms with Gasteiger partial charge in [-0.15, -0.1) is 0 Å². The third-order valence-corrected chi connectivity index (χ3v) is 3.06. The number of hydrogen-bond acceptors (Lipinski definition) is 3. The maximum atomic E-state index is 11.6. The van der Waals surface area contributed by atoms with Gasteiger partial charge >= 0.3 is 0 Å². The fourth-order valence-corrected chi connectivity index (χ4v) is 1.61. The van der Waals surface area contributed by atoms with Gasteiger partial charge in [0.1, 0.15) is 5.75 Å². The maximum absolute atomic E-state index is 11.6. The summed E-state index contributed by atoms with van der Waals surface area (Å²) < 4.78 is 10.8. The smallest absolute Gasteiger partial charge is 0.258 e. The lowest BCUT2D eigenvalue weighted by Gasteiger charge is -2.09. The van der Waals surface area contributed by atoms with Crippen LogP contribution in [0.15, 0.2) is 18.2 Å². The van der Waals surface area contributed by atoms with Crippen LogP contribution in [-0.2, 0) is 9.53 Å². The number of unbranched alkanes of at least 4 members (excludes halogenated alkanes) is 1. The van der Waals surface area contributed by atoms with Crippen molar-refractivity contribution in [3.63, 3.8) is 0 Å². The van der Waals surface area contributed by atoms with E-state index >= 15 is 0 Å². The summed E-state index contributed by atoms with van der Waals surface area (Å²) in [6.45, 7) is 8.06. The minimum absolute atomic E-state index is 0.0391. The largest absolute Gasteiger partial charge is 0.484 e. The van der Waals surface area contributed by atoms with Crippen LogP contribution < -0.4 is 10.1 Å². The van der Waals surface area contributed by atoms with Crippen molar-refractivity contribution in [2.75, 3.05) is 26.4 Å². The van der Waals surface area contributed by atoms with Gasteiger partial charge in [-0.1, -0.05) is 19.4 Å². The Morgan fingerprint density at radius 2 is 2.00 bits per heavy atom. The molecule has 0 bridgehead atoms. The first kappa shape index (κ1) is 16.5. The van der Waals surface area contributed by atoms with Crippen LogP contribution in [0.2, 0.25) is 0 Å². The highest BCUT2D eigenvalue weighted by atomic mass is 16.5. The number of ether oxygens (including phenoxy) is 2. The second kappa shape index (κ2) is 9.37. The quantitative estimate of drug-likeness (QED) is 0.707. The summed E-state index contributed by atoms with van der Waals surface area (Å²) in [6.07, 6.45) is 2.18. The Hall–Kier alpha value is -1.55. The molecular formula is C16H25NO3. The molecule has 20 heavy (non-hydrogen) atoms. The van der Waals surface area contributed by atoms with E-state index in [0.29, 0.717) is 13.2 Å². The van der Waals surface area contributed by atoms with E-state index in [1.54, 1.807) is 0 Å². The predicted molar refractivity (Wildman–Crippen MR) is 80.1 cm³/mol. The van der Waals surface area contributed by atoms with E-state index in [1.165, 1.54) is 5.56 Å². The molecule has 0 fully saturated rings. The summed E-state index contributed by atoms with van der Waals surface area (Å²) in [5, 5.41) is 2.77. The van der Waals surface area contributed by atoms with E-state index in [2.05, 4.69) is 12.2 Å². The van der Waals surface area contributed by atoms with Crippen LogP contribution in [0.1, 0.15) is 30.9 Å². The molecule has 1 amide bonds. The van der Waals surface area contributed by atoms with E-state index in [0.717, 1.165) is 30.8 Å². The third kappa shape index (κ3) is 6.57. The van der Waals surface area contributed by atoms with E-state index in [9.17, 15) is 4.79 Å². The number of carbonyl (C=O) groups is 1. The van der Waals surface area contributed by atoms with Crippen molar-refractivity contribution in [3.8, 4) is 5.75 Å². The normalized spacial score (nSPS) is 10.3. The van der Waals surface area contributed by atoms with Gasteiger partial charge in [-0.2, -0.15) is 0 Å². The Morgan fingerprint density at radius 1 is 1.20 bits per heavy atom. The molecule has 0 unspecified atom stereocenters. The molecule has 0 aliphatic rings. The van der Waals surface area contributed by atoms with Crippen molar-refractivity contribution in [3.05, 3.63) is 29.3 Å². The molecule has 0 spiro atoms. The molecule has 0 aliphatic carbocycles. The van der Waals surface area contributed by atoms with E-state index in [4.69, 9.17) is 9.47 Å². The second-order valence-electron chi connectivity index (χ2n) is 4.85. The topological polar surface area (TPSA) is 47.6 Å². The highest BCUT2D eigenvalue weighted by Gasteiger charge is 2.03. The van der Waals surface area contributed by atoms with Crippen LogP contribution in [-0.4, -0.2) is 32.3 Å². The van der Waals surface area contributed by atoms with Crippen molar-refractivity contribution in [2.45, 2.75) is 33.6 Å². The summed E-state index contributed by atoms with van der Waals surface area (Å²) in [5.74, 6) is 0.602. The molecule has 4 nitrogen and oxygen atoms in total. The minimum atomic E-state index is -0.123. The van der Waals surface area contributed by atoms with Crippen LogP contribution >= 0.6 is 0 Å². The lowest BCUT2D eigenvalue weighted by molar-refractivity contribution is -0.123. The van der Waals surface area contributed by atoms with Crippen LogP contribution in [0.3, 0.4) is 0 Å². The Morgan fingerprint density at radius 3 is 2.70 bits per heavy atom. The number of nitrogens with one attached hydrogen (secondary N) is 1.